The van der Waals surface area contributed by atoms with Gasteiger partial charge in [-0.05, 0) is 31.0 Å². The highest BCUT2D eigenvalue weighted by atomic mass is 32.2. The van der Waals surface area contributed by atoms with Crippen LogP contribution in [0.3, 0.4) is 0 Å². The minimum absolute atomic E-state index is 0.0888. The SMILES string of the molecule is CNC(=O)c1ccc(SC2CCCC2)c(N)c1. The lowest BCUT2D eigenvalue weighted by molar-refractivity contribution is 0.0963. The lowest BCUT2D eigenvalue weighted by Crippen LogP contribution is -2.17. The molecule has 17 heavy (non-hydrogen) atoms. The van der Waals surface area contributed by atoms with Gasteiger partial charge in [0.2, 0.25) is 0 Å². The van der Waals surface area contributed by atoms with Crippen molar-refractivity contribution in [1.82, 2.24) is 5.32 Å². The maximum Gasteiger partial charge on any atom is 0.251 e. The van der Waals surface area contributed by atoms with Crippen LogP contribution >= 0.6 is 11.8 Å². The molecule has 4 heteroatoms. The molecule has 1 aliphatic carbocycles. The highest BCUT2D eigenvalue weighted by molar-refractivity contribution is 8.00. The van der Waals surface area contributed by atoms with Crippen molar-refractivity contribution < 1.29 is 4.79 Å². The van der Waals surface area contributed by atoms with Crippen LogP contribution in [0.4, 0.5) is 5.69 Å². The van der Waals surface area contributed by atoms with E-state index in [9.17, 15) is 4.79 Å². The van der Waals surface area contributed by atoms with E-state index in [-0.39, 0.29) is 5.91 Å². The van der Waals surface area contributed by atoms with E-state index >= 15 is 0 Å². The molecular formula is C13H18N2OS. The predicted octanol–water partition coefficient (Wildman–Crippen LogP) is 2.66. The molecule has 0 radical (unpaired) electrons. The third-order valence-corrected chi connectivity index (χ3v) is 4.53. The van der Waals surface area contributed by atoms with Gasteiger partial charge in [-0.3, -0.25) is 4.79 Å². The van der Waals surface area contributed by atoms with Crippen molar-refractivity contribution in [2.24, 2.45) is 0 Å². The zero-order valence-electron chi connectivity index (χ0n) is 10.0. The first-order valence-electron chi connectivity index (χ1n) is 5.99. The van der Waals surface area contributed by atoms with Crippen molar-refractivity contribution in [3.05, 3.63) is 23.8 Å². The van der Waals surface area contributed by atoms with Gasteiger partial charge < -0.3 is 11.1 Å². The van der Waals surface area contributed by atoms with E-state index in [0.717, 1.165) is 4.90 Å². The Hall–Kier alpha value is -1.16. The molecule has 1 aromatic carbocycles. The van der Waals surface area contributed by atoms with Crippen LogP contribution < -0.4 is 11.1 Å². The van der Waals surface area contributed by atoms with E-state index in [0.29, 0.717) is 16.5 Å². The third kappa shape index (κ3) is 2.94. The zero-order chi connectivity index (χ0) is 12.3. The molecule has 0 atom stereocenters. The van der Waals surface area contributed by atoms with Gasteiger partial charge in [-0.1, -0.05) is 12.8 Å². The summed E-state index contributed by atoms with van der Waals surface area (Å²) in [6, 6.07) is 5.56. The highest BCUT2D eigenvalue weighted by Gasteiger charge is 2.17. The van der Waals surface area contributed by atoms with Crippen LogP contribution in [0.1, 0.15) is 36.0 Å². The number of nitrogen functional groups attached to an aromatic ring is 1. The van der Waals surface area contributed by atoms with Gasteiger partial charge in [-0.25, -0.2) is 0 Å². The number of thioether (sulfide) groups is 1. The number of rotatable bonds is 3. The van der Waals surface area contributed by atoms with Crippen LogP contribution in [0.25, 0.3) is 0 Å². The second-order valence-electron chi connectivity index (χ2n) is 4.36. The van der Waals surface area contributed by atoms with E-state index in [4.69, 9.17) is 5.73 Å². The molecule has 0 saturated heterocycles. The van der Waals surface area contributed by atoms with E-state index < -0.39 is 0 Å². The number of carbonyl (C=O) groups excluding carboxylic acids is 1. The zero-order valence-corrected chi connectivity index (χ0v) is 10.8. The first-order chi connectivity index (χ1) is 8.20. The van der Waals surface area contributed by atoms with Crippen LogP contribution in [-0.4, -0.2) is 18.2 Å². The van der Waals surface area contributed by atoms with Crippen LogP contribution in [0, 0.1) is 0 Å². The van der Waals surface area contributed by atoms with Crippen molar-refractivity contribution >= 4 is 23.4 Å². The van der Waals surface area contributed by atoms with Gasteiger partial charge in [0, 0.05) is 28.4 Å². The fourth-order valence-corrected chi connectivity index (χ4v) is 3.40. The number of benzene rings is 1. The van der Waals surface area contributed by atoms with Crippen LogP contribution in [-0.2, 0) is 0 Å². The van der Waals surface area contributed by atoms with Gasteiger partial charge >= 0.3 is 0 Å². The van der Waals surface area contributed by atoms with E-state index in [2.05, 4.69) is 5.32 Å². The lowest BCUT2D eigenvalue weighted by atomic mass is 10.2. The number of anilines is 1. The van der Waals surface area contributed by atoms with E-state index in [1.54, 1.807) is 13.1 Å². The van der Waals surface area contributed by atoms with Crippen LogP contribution in [0.15, 0.2) is 23.1 Å². The number of hydrogen-bond donors (Lipinski definition) is 2. The normalized spacial score (nSPS) is 16.1. The van der Waals surface area contributed by atoms with Gasteiger partial charge in [0.15, 0.2) is 0 Å². The monoisotopic (exact) mass is 250 g/mol. The van der Waals surface area contributed by atoms with Crippen molar-refractivity contribution in [3.63, 3.8) is 0 Å². The molecular weight excluding hydrogens is 232 g/mol. The molecule has 0 heterocycles. The first-order valence-corrected chi connectivity index (χ1v) is 6.87. The summed E-state index contributed by atoms with van der Waals surface area (Å²) in [6.45, 7) is 0. The summed E-state index contributed by atoms with van der Waals surface area (Å²) >= 11 is 1.85. The number of carbonyl (C=O) groups is 1. The van der Waals surface area contributed by atoms with Gasteiger partial charge in [-0.15, -0.1) is 11.8 Å². The topological polar surface area (TPSA) is 55.1 Å². The maximum absolute atomic E-state index is 11.4. The molecule has 0 aromatic heterocycles. The second kappa shape index (κ2) is 5.45. The number of nitrogens with two attached hydrogens (primary N) is 1. The van der Waals surface area contributed by atoms with Gasteiger partial charge in [0.05, 0.1) is 0 Å². The maximum atomic E-state index is 11.4. The Labute approximate surface area is 106 Å². The molecule has 3 nitrogen and oxygen atoms in total. The molecule has 0 unspecified atom stereocenters. The number of amides is 1. The summed E-state index contributed by atoms with van der Waals surface area (Å²) < 4.78 is 0. The Kier molecular flexibility index (Phi) is 3.94. The Bertz CT molecular complexity index is 414. The number of hydrogen-bond acceptors (Lipinski definition) is 3. The lowest BCUT2D eigenvalue weighted by Gasteiger charge is -2.11. The van der Waals surface area contributed by atoms with E-state index in [1.807, 2.05) is 23.9 Å². The fourth-order valence-electron chi connectivity index (χ4n) is 2.13. The van der Waals surface area contributed by atoms with Crippen molar-refractivity contribution in [2.75, 3.05) is 12.8 Å². The van der Waals surface area contributed by atoms with Gasteiger partial charge in [-0.2, -0.15) is 0 Å². The van der Waals surface area contributed by atoms with Crippen molar-refractivity contribution in [2.45, 2.75) is 35.8 Å². The fraction of sp³-hybridized carbons (Fsp3) is 0.462. The quantitative estimate of drug-likeness (QED) is 0.811. The van der Waals surface area contributed by atoms with Crippen LogP contribution in [0.2, 0.25) is 0 Å². The molecule has 1 aromatic rings. The molecule has 3 N–H and O–H groups in total. The molecule has 2 rings (SSSR count). The molecule has 92 valence electrons. The van der Waals surface area contributed by atoms with Gasteiger partial charge in [0.1, 0.15) is 0 Å². The molecule has 0 bridgehead atoms. The largest absolute Gasteiger partial charge is 0.398 e. The molecule has 0 spiro atoms. The summed E-state index contributed by atoms with van der Waals surface area (Å²) in [5.41, 5.74) is 7.33. The molecule has 1 saturated carbocycles. The molecule has 1 fully saturated rings. The van der Waals surface area contributed by atoms with Gasteiger partial charge in [0.25, 0.3) is 5.91 Å². The number of nitrogens with one attached hydrogen (secondary N) is 1. The first kappa shape index (κ1) is 12.3. The third-order valence-electron chi connectivity index (χ3n) is 3.09. The Morgan fingerprint density at radius 3 is 2.71 bits per heavy atom. The molecule has 1 aliphatic rings. The van der Waals surface area contributed by atoms with Crippen LogP contribution in [0.5, 0.6) is 0 Å². The summed E-state index contributed by atoms with van der Waals surface area (Å²) in [4.78, 5) is 12.5. The predicted molar refractivity (Wildman–Crippen MR) is 72.4 cm³/mol. The molecule has 1 amide bonds. The average Bonchev–Trinajstić information content (AvgIpc) is 2.83. The average molecular weight is 250 g/mol. The second-order valence-corrected chi connectivity index (χ2v) is 5.70. The smallest absolute Gasteiger partial charge is 0.251 e. The summed E-state index contributed by atoms with van der Waals surface area (Å²) in [6.07, 6.45) is 5.21. The Balaban J connectivity index is 2.10. The highest BCUT2D eigenvalue weighted by Crippen LogP contribution is 2.37. The summed E-state index contributed by atoms with van der Waals surface area (Å²) in [5, 5.41) is 3.30. The molecule has 0 aliphatic heterocycles. The minimum atomic E-state index is -0.0888. The van der Waals surface area contributed by atoms with E-state index in [1.165, 1.54) is 25.7 Å². The summed E-state index contributed by atoms with van der Waals surface area (Å²) in [5.74, 6) is -0.0888. The minimum Gasteiger partial charge on any atom is -0.398 e. The summed E-state index contributed by atoms with van der Waals surface area (Å²) in [7, 11) is 1.62. The van der Waals surface area contributed by atoms with Crippen molar-refractivity contribution in [3.8, 4) is 0 Å². The Morgan fingerprint density at radius 2 is 2.12 bits per heavy atom. The Morgan fingerprint density at radius 1 is 1.41 bits per heavy atom. The standard InChI is InChI=1S/C13H18N2OS/c1-15-13(16)9-6-7-12(11(14)8-9)17-10-4-2-3-5-10/h6-8,10H,2-5,14H2,1H3,(H,15,16). The van der Waals surface area contributed by atoms with Crippen molar-refractivity contribution in [1.29, 1.82) is 0 Å².